The third kappa shape index (κ3) is 6.26. The van der Waals surface area contributed by atoms with Crippen LogP contribution in [0.5, 0.6) is 5.75 Å². The number of fused-ring (bicyclic) bond motifs is 1. The number of anilines is 1. The van der Waals surface area contributed by atoms with Gasteiger partial charge in [0.25, 0.3) is 17.7 Å². The molecule has 1 atom stereocenters. The number of carbonyl (C=O) groups excluding carboxylic acids is 3. The van der Waals surface area contributed by atoms with Crippen molar-refractivity contribution in [2.24, 2.45) is 0 Å². The molecular formula is C33H39N5O4. The molecule has 3 aromatic rings. The van der Waals surface area contributed by atoms with Gasteiger partial charge in [-0.15, -0.1) is 0 Å². The van der Waals surface area contributed by atoms with Crippen LogP contribution in [0.15, 0.2) is 42.5 Å². The number of nitrogens with one attached hydrogen (secondary N) is 4. The SMILES string of the molecule is CCOc1ccc(C(C)NC(=O)c2ccc3c(c2)C(=Cc2[nH]c(C)c(C(=O)NCCN4CCCC4)c2C)C(=O)N3)cc1. The molecule has 2 aromatic carbocycles. The number of ether oxygens (including phenoxy) is 1. The van der Waals surface area contributed by atoms with Crippen LogP contribution >= 0.6 is 0 Å². The summed E-state index contributed by atoms with van der Waals surface area (Å²) >= 11 is 0. The Labute approximate surface area is 246 Å². The van der Waals surface area contributed by atoms with E-state index in [4.69, 9.17) is 4.74 Å². The second kappa shape index (κ2) is 12.7. The summed E-state index contributed by atoms with van der Waals surface area (Å²) in [4.78, 5) is 44.8. The first-order valence-electron chi connectivity index (χ1n) is 14.7. The van der Waals surface area contributed by atoms with Crippen LogP contribution in [0.1, 0.15) is 81.5 Å². The summed E-state index contributed by atoms with van der Waals surface area (Å²) in [6.45, 7) is 11.8. The minimum Gasteiger partial charge on any atom is -0.494 e. The van der Waals surface area contributed by atoms with E-state index in [0.29, 0.717) is 46.8 Å². The highest BCUT2D eigenvalue weighted by Gasteiger charge is 2.27. The Morgan fingerprint density at radius 1 is 1.07 bits per heavy atom. The average molecular weight is 570 g/mol. The van der Waals surface area contributed by atoms with Gasteiger partial charge in [-0.3, -0.25) is 14.4 Å². The van der Waals surface area contributed by atoms with Gasteiger partial charge in [-0.05, 0) is 101 Å². The molecule has 9 nitrogen and oxygen atoms in total. The zero-order valence-electron chi connectivity index (χ0n) is 24.7. The summed E-state index contributed by atoms with van der Waals surface area (Å²) < 4.78 is 5.50. The van der Waals surface area contributed by atoms with Crippen LogP contribution in [0.25, 0.3) is 11.6 Å². The molecule has 3 heterocycles. The molecule has 0 saturated carbocycles. The van der Waals surface area contributed by atoms with Gasteiger partial charge in [-0.25, -0.2) is 0 Å². The Morgan fingerprint density at radius 2 is 1.81 bits per heavy atom. The van der Waals surface area contributed by atoms with Crippen LogP contribution in [0.4, 0.5) is 5.69 Å². The Balaban J connectivity index is 1.31. The summed E-state index contributed by atoms with van der Waals surface area (Å²) in [7, 11) is 0. The van der Waals surface area contributed by atoms with Crippen molar-refractivity contribution in [1.29, 1.82) is 0 Å². The van der Waals surface area contributed by atoms with Crippen LogP contribution in [-0.2, 0) is 4.79 Å². The van der Waals surface area contributed by atoms with E-state index in [1.54, 1.807) is 24.3 Å². The van der Waals surface area contributed by atoms with Crippen LogP contribution in [0, 0.1) is 13.8 Å². The molecule has 0 spiro atoms. The highest BCUT2D eigenvalue weighted by Crippen LogP contribution is 2.35. The molecule has 1 aromatic heterocycles. The summed E-state index contributed by atoms with van der Waals surface area (Å²) in [5.74, 6) is 0.167. The lowest BCUT2D eigenvalue weighted by molar-refractivity contribution is -0.110. The lowest BCUT2D eigenvalue weighted by Gasteiger charge is -2.15. The van der Waals surface area contributed by atoms with Crippen LogP contribution < -0.4 is 20.7 Å². The molecule has 2 aliphatic rings. The van der Waals surface area contributed by atoms with Gasteiger partial charge in [0.15, 0.2) is 0 Å². The molecular weight excluding hydrogens is 530 g/mol. The standard InChI is InChI=1S/C33H39N5O4/c1-5-42-25-11-8-23(9-12-25)21(3)36-31(39)24-10-13-28-26(18-24)27(32(40)37-28)19-29-20(2)30(22(4)35-29)33(41)34-14-17-38-15-6-7-16-38/h8-13,18-19,21,35H,5-7,14-17H2,1-4H3,(H,34,41)(H,36,39)(H,37,40). The molecule has 0 aliphatic carbocycles. The Bertz CT molecular complexity index is 1520. The molecule has 1 unspecified atom stereocenters. The number of H-pyrrole nitrogens is 1. The van der Waals surface area contributed by atoms with Crippen molar-refractivity contribution in [3.63, 3.8) is 0 Å². The first-order valence-corrected chi connectivity index (χ1v) is 14.7. The molecule has 0 radical (unpaired) electrons. The topological polar surface area (TPSA) is 116 Å². The van der Waals surface area contributed by atoms with Crippen molar-refractivity contribution in [2.45, 2.75) is 46.6 Å². The van der Waals surface area contributed by atoms with Crippen molar-refractivity contribution in [1.82, 2.24) is 20.5 Å². The van der Waals surface area contributed by atoms with Crippen LogP contribution in [-0.4, -0.2) is 60.4 Å². The summed E-state index contributed by atoms with van der Waals surface area (Å²) in [6, 6.07) is 12.6. The maximum absolute atomic E-state index is 13.2. The van der Waals surface area contributed by atoms with E-state index in [0.717, 1.165) is 42.2 Å². The zero-order chi connectivity index (χ0) is 29.8. The number of aromatic amines is 1. The molecule has 4 N–H and O–H groups in total. The Morgan fingerprint density at radius 3 is 2.52 bits per heavy atom. The second-order valence-electron chi connectivity index (χ2n) is 10.9. The van der Waals surface area contributed by atoms with Gasteiger partial charge < -0.3 is 30.6 Å². The van der Waals surface area contributed by atoms with Gasteiger partial charge >= 0.3 is 0 Å². The van der Waals surface area contributed by atoms with E-state index in [2.05, 4.69) is 25.8 Å². The molecule has 5 rings (SSSR count). The number of nitrogens with zero attached hydrogens (tertiary/aromatic N) is 1. The van der Waals surface area contributed by atoms with Crippen molar-refractivity contribution >= 4 is 35.1 Å². The fourth-order valence-electron chi connectivity index (χ4n) is 5.68. The first-order chi connectivity index (χ1) is 20.2. The van der Waals surface area contributed by atoms with E-state index >= 15 is 0 Å². The quantitative estimate of drug-likeness (QED) is 0.261. The average Bonchev–Trinajstić information content (AvgIpc) is 3.67. The maximum atomic E-state index is 13.2. The largest absolute Gasteiger partial charge is 0.494 e. The van der Waals surface area contributed by atoms with Gasteiger partial charge in [-0.1, -0.05) is 12.1 Å². The monoisotopic (exact) mass is 569 g/mol. The number of aryl methyl sites for hydroxylation is 1. The van der Waals surface area contributed by atoms with Gasteiger partial charge in [0.1, 0.15) is 5.75 Å². The van der Waals surface area contributed by atoms with E-state index < -0.39 is 0 Å². The fraction of sp³-hybridized carbons (Fsp3) is 0.364. The van der Waals surface area contributed by atoms with Crippen molar-refractivity contribution in [3.8, 4) is 5.75 Å². The molecule has 1 saturated heterocycles. The third-order valence-electron chi connectivity index (χ3n) is 8.01. The smallest absolute Gasteiger partial charge is 0.256 e. The lowest BCUT2D eigenvalue weighted by atomic mass is 10.0. The van der Waals surface area contributed by atoms with Gasteiger partial charge in [0.2, 0.25) is 0 Å². The molecule has 0 bridgehead atoms. The number of amides is 3. The minimum atomic E-state index is -0.256. The highest BCUT2D eigenvalue weighted by molar-refractivity contribution is 6.35. The second-order valence-corrected chi connectivity index (χ2v) is 10.9. The van der Waals surface area contributed by atoms with E-state index in [-0.39, 0.29) is 23.8 Å². The maximum Gasteiger partial charge on any atom is 0.256 e. The lowest BCUT2D eigenvalue weighted by Crippen LogP contribution is -2.33. The number of benzene rings is 2. The molecule has 2 aliphatic heterocycles. The molecule has 3 amide bonds. The predicted molar refractivity (Wildman–Crippen MR) is 165 cm³/mol. The summed E-state index contributed by atoms with van der Waals surface area (Å²) in [5, 5.41) is 8.97. The van der Waals surface area contributed by atoms with Gasteiger partial charge in [0, 0.05) is 41.3 Å². The number of rotatable bonds is 10. The minimum absolute atomic E-state index is 0.123. The van der Waals surface area contributed by atoms with Gasteiger partial charge in [-0.2, -0.15) is 0 Å². The molecule has 42 heavy (non-hydrogen) atoms. The van der Waals surface area contributed by atoms with E-state index in [1.165, 1.54) is 12.8 Å². The van der Waals surface area contributed by atoms with Crippen LogP contribution in [0.3, 0.4) is 0 Å². The zero-order valence-corrected chi connectivity index (χ0v) is 24.7. The fourth-order valence-corrected chi connectivity index (χ4v) is 5.68. The van der Waals surface area contributed by atoms with Gasteiger partial charge in [0.05, 0.1) is 23.8 Å². The Kier molecular flexibility index (Phi) is 8.77. The van der Waals surface area contributed by atoms with Crippen molar-refractivity contribution in [2.75, 3.05) is 38.1 Å². The number of likely N-dealkylation sites (tertiary alicyclic amines) is 1. The number of aromatic nitrogens is 1. The van der Waals surface area contributed by atoms with Crippen LogP contribution in [0.2, 0.25) is 0 Å². The molecule has 9 heteroatoms. The third-order valence-corrected chi connectivity index (χ3v) is 8.01. The van der Waals surface area contributed by atoms with E-state index in [9.17, 15) is 14.4 Å². The van der Waals surface area contributed by atoms with Crippen molar-refractivity contribution in [3.05, 3.63) is 81.7 Å². The number of hydrogen-bond acceptors (Lipinski definition) is 5. The van der Waals surface area contributed by atoms with E-state index in [1.807, 2.05) is 52.0 Å². The first kappa shape index (κ1) is 29.1. The predicted octanol–water partition coefficient (Wildman–Crippen LogP) is 4.84. The Hall–Kier alpha value is -4.37. The number of hydrogen-bond donors (Lipinski definition) is 4. The number of carbonyl (C=O) groups is 3. The van der Waals surface area contributed by atoms with Crippen molar-refractivity contribution < 1.29 is 19.1 Å². The normalized spacial score (nSPS) is 16.3. The summed E-state index contributed by atoms with van der Waals surface area (Å²) in [5.41, 5.74) is 5.93. The summed E-state index contributed by atoms with van der Waals surface area (Å²) in [6.07, 6.45) is 4.19. The highest BCUT2D eigenvalue weighted by atomic mass is 16.5. The molecule has 1 fully saturated rings. The molecule has 220 valence electrons.